The molecule has 0 saturated carbocycles. The van der Waals surface area contributed by atoms with E-state index in [1.165, 1.54) is 6.07 Å². The third-order valence-corrected chi connectivity index (χ3v) is 4.91. The summed E-state index contributed by atoms with van der Waals surface area (Å²) in [5.74, 6) is -1.15. The quantitative estimate of drug-likeness (QED) is 0.825. The summed E-state index contributed by atoms with van der Waals surface area (Å²) < 4.78 is 14.6. The van der Waals surface area contributed by atoms with Crippen molar-refractivity contribution in [2.45, 2.75) is 25.7 Å². The van der Waals surface area contributed by atoms with Crippen molar-refractivity contribution in [1.82, 2.24) is 9.88 Å². The summed E-state index contributed by atoms with van der Waals surface area (Å²) in [4.78, 5) is 28.1. The first-order chi connectivity index (χ1) is 11.4. The molecule has 0 radical (unpaired) electrons. The Kier molecular flexibility index (Phi) is 4.89. The average molecular weight is 397 g/mol. The van der Waals surface area contributed by atoms with E-state index in [9.17, 15) is 14.0 Å². The zero-order valence-corrected chi connectivity index (χ0v) is 14.6. The number of carboxylic acids is 1. The molecule has 7 heteroatoms. The van der Waals surface area contributed by atoms with E-state index < -0.39 is 5.97 Å². The van der Waals surface area contributed by atoms with Crippen LogP contribution >= 0.6 is 15.9 Å². The van der Waals surface area contributed by atoms with Gasteiger partial charge in [-0.3, -0.25) is 9.59 Å². The number of carbonyl (C=O) groups excluding carboxylic acids is 1. The summed E-state index contributed by atoms with van der Waals surface area (Å²) >= 11 is 3.24. The third-order valence-electron chi connectivity index (χ3n) is 4.46. The average Bonchev–Trinajstić information content (AvgIpc) is 2.96. The van der Waals surface area contributed by atoms with Crippen molar-refractivity contribution in [3.8, 4) is 0 Å². The molecule has 128 valence electrons. The van der Waals surface area contributed by atoms with E-state index in [0.717, 1.165) is 12.8 Å². The number of aliphatic carboxylic acids is 1. The molecular weight excluding hydrogens is 379 g/mol. The molecule has 0 bridgehead atoms. The lowest BCUT2D eigenvalue weighted by Gasteiger charge is -2.32. The zero-order valence-electron chi connectivity index (χ0n) is 13.0. The molecule has 0 aliphatic carbocycles. The second-order valence-electron chi connectivity index (χ2n) is 6.22. The minimum Gasteiger partial charge on any atom is -0.481 e. The fraction of sp³-hybridized carbons (Fsp3) is 0.412. The monoisotopic (exact) mass is 396 g/mol. The maximum Gasteiger partial charge on any atom is 0.303 e. The fourth-order valence-corrected chi connectivity index (χ4v) is 3.69. The lowest BCUT2D eigenvalue weighted by molar-refractivity contribution is -0.137. The van der Waals surface area contributed by atoms with Gasteiger partial charge in [0.25, 0.3) is 5.91 Å². The third kappa shape index (κ3) is 3.61. The van der Waals surface area contributed by atoms with Crippen LogP contribution in [0.3, 0.4) is 0 Å². The highest BCUT2D eigenvalue weighted by Crippen LogP contribution is 2.26. The molecule has 0 spiro atoms. The number of nitrogens with one attached hydrogen (secondary N) is 1. The minimum atomic E-state index is -0.810. The van der Waals surface area contributed by atoms with Crippen molar-refractivity contribution in [2.24, 2.45) is 5.92 Å². The number of halogens is 2. The van der Waals surface area contributed by atoms with Crippen LogP contribution in [0.15, 0.2) is 22.7 Å². The van der Waals surface area contributed by atoms with Gasteiger partial charge in [0.15, 0.2) is 0 Å². The van der Waals surface area contributed by atoms with Crippen molar-refractivity contribution < 1.29 is 19.1 Å². The van der Waals surface area contributed by atoms with Gasteiger partial charge in [0.2, 0.25) is 0 Å². The molecule has 5 nitrogen and oxygen atoms in total. The Hall–Kier alpha value is -1.89. The van der Waals surface area contributed by atoms with Crippen molar-refractivity contribution in [3.63, 3.8) is 0 Å². The first-order valence-electron chi connectivity index (χ1n) is 7.93. The van der Waals surface area contributed by atoms with Gasteiger partial charge in [-0.25, -0.2) is 4.39 Å². The summed E-state index contributed by atoms with van der Waals surface area (Å²) in [5.41, 5.74) is 0.936. The number of fused-ring (bicyclic) bond motifs is 1. The van der Waals surface area contributed by atoms with E-state index >= 15 is 0 Å². The zero-order chi connectivity index (χ0) is 17.3. The summed E-state index contributed by atoms with van der Waals surface area (Å²) in [6, 6.07) is 4.65. The highest BCUT2D eigenvalue weighted by atomic mass is 79.9. The normalized spacial score (nSPS) is 18.1. The van der Waals surface area contributed by atoms with E-state index in [-0.39, 0.29) is 24.1 Å². The smallest absolute Gasteiger partial charge is 0.303 e. The number of hydrogen-bond donors (Lipinski definition) is 2. The molecule has 2 aromatic rings. The molecule has 1 aromatic carbocycles. The highest BCUT2D eigenvalue weighted by molar-refractivity contribution is 9.10. The Morgan fingerprint density at radius 2 is 2.17 bits per heavy atom. The highest BCUT2D eigenvalue weighted by Gasteiger charge is 2.26. The molecule has 1 aliphatic rings. The predicted molar refractivity (Wildman–Crippen MR) is 91.5 cm³/mol. The van der Waals surface area contributed by atoms with Gasteiger partial charge >= 0.3 is 5.97 Å². The number of hydrogen-bond acceptors (Lipinski definition) is 2. The van der Waals surface area contributed by atoms with E-state index in [1.54, 1.807) is 17.0 Å². The maximum absolute atomic E-state index is 14.0. The number of aromatic amines is 1. The number of carboxylic acid groups (broad SMARTS) is 1. The number of carbonyl (C=O) groups is 2. The van der Waals surface area contributed by atoms with Gasteiger partial charge in [-0.1, -0.05) is 15.9 Å². The van der Waals surface area contributed by atoms with Gasteiger partial charge in [-0.2, -0.15) is 0 Å². The second-order valence-corrected chi connectivity index (χ2v) is 7.14. The van der Waals surface area contributed by atoms with E-state index in [1.807, 2.05) is 0 Å². The molecule has 1 atom stereocenters. The largest absolute Gasteiger partial charge is 0.481 e. The van der Waals surface area contributed by atoms with Gasteiger partial charge in [0.05, 0.1) is 5.52 Å². The van der Waals surface area contributed by atoms with Crippen molar-refractivity contribution in [2.75, 3.05) is 13.1 Å². The first-order valence-corrected chi connectivity index (χ1v) is 8.72. The number of likely N-dealkylation sites (tertiary alicyclic amines) is 1. The lowest BCUT2D eigenvalue weighted by Crippen LogP contribution is -2.40. The minimum absolute atomic E-state index is 0.123. The first kappa shape index (κ1) is 17.0. The number of H-pyrrole nitrogens is 1. The van der Waals surface area contributed by atoms with Gasteiger partial charge in [0, 0.05) is 29.4 Å². The Morgan fingerprint density at radius 1 is 1.38 bits per heavy atom. The molecule has 1 fully saturated rings. The number of piperidine rings is 1. The SMILES string of the molecule is O=C(O)CC[C@@H]1CCCN(C(=O)c2cc3c(F)cc(Br)cc3[nH]2)C1. The number of benzene rings is 1. The van der Waals surface area contributed by atoms with Crippen molar-refractivity contribution in [3.05, 3.63) is 34.2 Å². The molecule has 1 aromatic heterocycles. The van der Waals surface area contributed by atoms with Crippen LogP contribution in [-0.4, -0.2) is 40.0 Å². The molecule has 2 N–H and O–H groups in total. The van der Waals surface area contributed by atoms with Crippen LogP contribution in [0.25, 0.3) is 10.9 Å². The van der Waals surface area contributed by atoms with E-state index in [4.69, 9.17) is 5.11 Å². The summed E-state index contributed by atoms with van der Waals surface area (Å²) in [6.45, 7) is 1.19. The molecular formula is C17H18BrFN2O3. The Labute approximate surface area is 147 Å². The second kappa shape index (κ2) is 6.93. The van der Waals surface area contributed by atoms with Crippen LogP contribution < -0.4 is 0 Å². The summed E-state index contributed by atoms with van der Waals surface area (Å²) in [5, 5.41) is 9.19. The number of amides is 1. The topological polar surface area (TPSA) is 73.4 Å². The van der Waals surface area contributed by atoms with Crippen molar-refractivity contribution in [1.29, 1.82) is 0 Å². The van der Waals surface area contributed by atoms with Crippen LogP contribution in [0.2, 0.25) is 0 Å². The van der Waals surface area contributed by atoms with Gasteiger partial charge in [0.1, 0.15) is 11.5 Å². The predicted octanol–water partition coefficient (Wildman–Crippen LogP) is 3.79. The van der Waals surface area contributed by atoms with Gasteiger partial charge in [-0.05, 0) is 43.4 Å². The van der Waals surface area contributed by atoms with E-state index in [0.29, 0.717) is 40.6 Å². The van der Waals surface area contributed by atoms with Crippen LogP contribution in [0.1, 0.15) is 36.2 Å². The standard InChI is InChI=1S/C17H18BrFN2O3/c18-11-6-13(19)12-8-15(20-14(12)7-11)17(24)21-5-1-2-10(9-21)3-4-16(22)23/h6-8,10,20H,1-5,9H2,(H,22,23)/t10-/m0/s1. The molecule has 3 rings (SSSR count). The number of nitrogens with zero attached hydrogens (tertiary/aromatic N) is 1. The Balaban J connectivity index is 1.76. The van der Waals surface area contributed by atoms with Crippen molar-refractivity contribution >= 4 is 38.7 Å². The van der Waals surface area contributed by atoms with Crippen LogP contribution in [-0.2, 0) is 4.79 Å². The number of aromatic nitrogens is 1. The molecule has 24 heavy (non-hydrogen) atoms. The van der Waals surface area contributed by atoms with Gasteiger partial charge in [-0.15, -0.1) is 0 Å². The van der Waals surface area contributed by atoms with Gasteiger partial charge < -0.3 is 15.0 Å². The number of rotatable bonds is 4. The van der Waals surface area contributed by atoms with Crippen LogP contribution in [0.4, 0.5) is 4.39 Å². The maximum atomic E-state index is 14.0. The Bertz CT molecular complexity index is 789. The van der Waals surface area contributed by atoms with E-state index in [2.05, 4.69) is 20.9 Å². The lowest BCUT2D eigenvalue weighted by atomic mass is 9.93. The van der Waals surface area contributed by atoms with Crippen LogP contribution in [0, 0.1) is 11.7 Å². The molecule has 1 saturated heterocycles. The summed E-state index contributed by atoms with van der Waals surface area (Å²) in [7, 11) is 0. The molecule has 2 heterocycles. The molecule has 0 unspecified atom stereocenters. The fourth-order valence-electron chi connectivity index (χ4n) is 3.26. The Morgan fingerprint density at radius 3 is 2.92 bits per heavy atom. The molecule has 1 aliphatic heterocycles. The summed E-state index contributed by atoms with van der Waals surface area (Å²) in [6.07, 6.45) is 2.49. The molecule has 1 amide bonds. The van der Waals surface area contributed by atoms with Crippen LogP contribution in [0.5, 0.6) is 0 Å².